The maximum Gasteiger partial charge on any atom is 0.255 e. The van der Waals surface area contributed by atoms with Crippen molar-refractivity contribution in [2.75, 3.05) is 13.1 Å². The van der Waals surface area contributed by atoms with E-state index in [1.807, 2.05) is 36.1 Å². The van der Waals surface area contributed by atoms with Gasteiger partial charge in [0.05, 0.1) is 5.56 Å². The van der Waals surface area contributed by atoms with Crippen LogP contribution in [0.3, 0.4) is 0 Å². The Morgan fingerprint density at radius 1 is 1.32 bits per heavy atom. The fourth-order valence-corrected chi connectivity index (χ4v) is 2.30. The minimum Gasteiger partial charge on any atom is -0.337 e. The van der Waals surface area contributed by atoms with Crippen LogP contribution in [-0.4, -0.2) is 33.9 Å². The molecule has 0 bridgehead atoms. The Balaban J connectivity index is 1.66. The molecule has 1 aliphatic rings. The van der Waals surface area contributed by atoms with Crippen LogP contribution in [0.1, 0.15) is 27.5 Å². The van der Waals surface area contributed by atoms with E-state index in [4.69, 9.17) is 0 Å². The molecule has 0 radical (unpaired) electrons. The summed E-state index contributed by atoms with van der Waals surface area (Å²) < 4.78 is 0. The molecule has 96 valence electrons. The third-order valence-electron chi connectivity index (χ3n) is 3.40. The normalized spacial score (nSPS) is 15.1. The van der Waals surface area contributed by atoms with Gasteiger partial charge in [-0.1, -0.05) is 6.07 Å². The monoisotopic (exact) mass is 253 g/mol. The number of amides is 1. The molecule has 19 heavy (non-hydrogen) atoms. The minimum absolute atomic E-state index is 0.0587. The first-order chi connectivity index (χ1) is 9.24. The van der Waals surface area contributed by atoms with Crippen molar-refractivity contribution < 1.29 is 4.79 Å². The lowest BCUT2D eigenvalue weighted by atomic mass is 9.95. The summed E-state index contributed by atoms with van der Waals surface area (Å²) in [5.41, 5.74) is 2.74. The van der Waals surface area contributed by atoms with Crippen LogP contribution in [0.4, 0.5) is 0 Å². The van der Waals surface area contributed by atoms with E-state index in [2.05, 4.69) is 9.97 Å². The van der Waals surface area contributed by atoms with Gasteiger partial charge < -0.3 is 4.90 Å². The third kappa shape index (κ3) is 2.34. The Labute approximate surface area is 112 Å². The third-order valence-corrected chi connectivity index (χ3v) is 3.40. The van der Waals surface area contributed by atoms with Crippen LogP contribution in [0.25, 0.3) is 0 Å². The summed E-state index contributed by atoms with van der Waals surface area (Å²) in [5.74, 6) is 0.422. The van der Waals surface area contributed by atoms with E-state index < -0.39 is 0 Å². The molecule has 0 saturated carbocycles. The summed E-state index contributed by atoms with van der Waals surface area (Å²) in [7, 11) is 0. The molecule has 2 aromatic heterocycles. The molecule has 0 aliphatic carbocycles. The van der Waals surface area contributed by atoms with Crippen molar-refractivity contribution in [3.05, 3.63) is 59.7 Å². The molecule has 1 saturated heterocycles. The first-order valence-corrected chi connectivity index (χ1v) is 6.36. The summed E-state index contributed by atoms with van der Waals surface area (Å²) in [4.78, 5) is 22.5. The second kappa shape index (κ2) is 4.80. The molecule has 0 unspecified atom stereocenters. The van der Waals surface area contributed by atoms with Crippen LogP contribution in [0.2, 0.25) is 0 Å². The van der Waals surface area contributed by atoms with Crippen LogP contribution >= 0.6 is 0 Å². The van der Waals surface area contributed by atoms with Gasteiger partial charge in [-0.15, -0.1) is 0 Å². The van der Waals surface area contributed by atoms with Gasteiger partial charge in [0.1, 0.15) is 0 Å². The van der Waals surface area contributed by atoms with Crippen molar-refractivity contribution in [3.8, 4) is 0 Å². The molecule has 0 spiro atoms. The van der Waals surface area contributed by atoms with E-state index >= 15 is 0 Å². The smallest absolute Gasteiger partial charge is 0.255 e. The first-order valence-electron chi connectivity index (χ1n) is 6.36. The molecule has 1 aliphatic heterocycles. The lowest BCUT2D eigenvalue weighted by Crippen LogP contribution is -2.48. The van der Waals surface area contributed by atoms with Gasteiger partial charge in [-0.3, -0.25) is 14.8 Å². The van der Waals surface area contributed by atoms with Gasteiger partial charge >= 0.3 is 0 Å². The molecule has 0 atom stereocenters. The van der Waals surface area contributed by atoms with E-state index in [-0.39, 0.29) is 5.91 Å². The predicted octanol–water partition coefficient (Wildman–Crippen LogP) is 2.02. The number of likely N-dealkylation sites (tertiary alicyclic amines) is 1. The molecule has 0 aromatic carbocycles. The summed E-state index contributed by atoms with van der Waals surface area (Å²) in [5, 5.41) is 0. The van der Waals surface area contributed by atoms with Crippen molar-refractivity contribution >= 4 is 5.91 Å². The molecule has 4 nitrogen and oxygen atoms in total. The average molecular weight is 253 g/mol. The van der Waals surface area contributed by atoms with Gasteiger partial charge in [-0.25, -0.2) is 0 Å². The molecular weight excluding hydrogens is 238 g/mol. The van der Waals surface area contributed by atoms with E-state index in [9.17, 15) is 4.79 Å². The van der Waals surface area contributed by atoms with Crippen molar-refractivity contribution in [3.63, 3.8) is 0 Å². The van der Waals surface area contributed by atoms with Crippen LogP contribution in [0.15, 0.2) is 42.9 Å². The fourth-order valence-electron chi connectivity index (χ4n) is 2.30. The van der Waals surface area contributed by atoms with Crippen molar-refractivity contribution in [2.24, 2.45) is 0 Å². The summed E-state index contributed by atoms with van der Waals surface area (Å²) in [6.45, 7) is 3.42. The minimum atomic E-state index is 0.0587. The summed E-state index contributed by atoms with van der Waals surface area (Å²) in [6.07, 6.45) is 5.18. The van der Waals surface area contributed by atoms with Gasteiger partial charge in [0.2, 0.25) is 0 Å². The Hall–Kier alpha value is -2.23. The highest BCUT2D eigenvalue weighted by Gasteiger charge is 2.32. The zero-order chi connectivity index (χ0) is 13.2. The zero-order valence-corrected chi connectivity index (χ0v) is 10.8. The lowest BCUT2D eigenvalue weighted by Gasteiger charge is -2.38. The number of pyridine rings is 2. The number of carbonyl (C=O) groups excluding carboxylic acids is 1. The van der Waals surface area contributed by atoms with Gasteiger partial charge in [-0.2, -0.15) is 0 Å². The molecular formula is C15H15N3O. The number of hydrogen-bond donors (Lipinski definition) is 0. The fraction of sp³-hybridized carbons (Fsp3) is 0.267. The van der Waals surface area contributed by atoms with Crippen molar-refractivity contribution in [1.29, 1.82) is 0 Å². The average Bonchev–Trinajstić information content (AvgIpc) is 2.38. The number of aromatic nitrogens is 2. The predicted molar refractivity (Wildman–Crippen MR) is 71.9 cm³/mol. The number of carbonyl (C=O) groups is 1. The first kappa shape index (κ1) is 11.8. The second-order valence-corrected chi connectivity index (χ2v) is 4.91. The Bertz CT molecular complexity index is 591. The van der Waals surface area contributed by atoms with Crippen molar-refractivity contribution in [2.45, 2.75) is 12.8 Å². The number of rotatable bonds is 2. The van der Waals surface area contributed by atoms with Crippen LogP contribution in [0.5, 0.6) is 0 Å². The van der Waals surface area contributed by atoms with E-state index in [0.29, 0.717) is 11.5 Å². The molecule has 1 amide bonds. The van der Waals surface area contributed by atoms with Crippen molar-refractivity contribution in [1.82, 2.24) is 14.9 Å². The number of hydrogen-bond acceptors (Lipinski definition) is 3. The SMILES string of the molecule is Cc1cncc(C(=O)N2CC(c3ccccn3)C2)c1. The highest BCUT2D eigenvalue weighted by atomic mass is 16.2. The standard InChI is InChI=1S/C15H15N3O/c1-11-6-12(8-16-7-11)15(19)18-9-13(10-18)14-4-2-3-5-17-14/h2-8,13H,9-10H2,1H3. The number of aryl methyl sites for hydroxylation is 1. The molecule has 0 N–H and O–H groups in total. The molecule has 2 aromatic rings. The molecule has 3 rings (SSSR count). The maximum absolute atomic E-state index is 12.2. The molecule has 3 heterocycles. The van der Waals surface area contributed by atoms with Gasteiger partial charge in [0, 0.05) is 43.3 Å². The maximum atomic E-state index is 12.2. The van der Waals surface area contributed by atoms with E-state index in [0.717, 1.165) is 24.3 Å². The van der Waals surface area contributed by atoms with Gasteiger partial charge in [0.15, 0.2) is 0 Å². The zero-order valence-electron chi connectivity index (χ0n) is 10.8. The quantitative estimate of drug-likeness (QED) is 0.822. The Morgan fingerprint density at radius 3 is 2.84 bits per heavy atom. The van der Waals surface area contributed by atoms with Crippen LogP contribution in [-0.2, 0) is 0 Å². The Morgan fingerprint density at radius 2 is 2.16 bits per heavy atom. The highest BCUT2D eigenvalue weighted by Crippen LogP contribution is 2.26. The highest BCUT2D eigenvalue weighted by molar-refractivity contribution is 5.94. The van der Waals surface area contributed by atoms with E-state index in [1.54, 1.807) is 18.6 Å². The molecule has 4 heteroatoms. The van der Waals surface area contributed by atoms with Gasteiger partial charge in [0.25, 0.3) is 5.91 Å². The summed E-state index contributed by atoms with van der Waals surface area (Å²) >= 11 is 0. The molecule has 1 fully saturated rings. The van der Waals surface area contributed by atoms with Crippen LogP contribution < -0.4 is 0 Å². The Kier molecular flexibility index (Phi) is 2.99. The lowest BCUT2D eigenvalue weighted by molar-refractivity contribution is 0.0598. The topological polar surface area (TPSA) is 46.1 Å². The van der Waals surface area contributed by atoms with E-state index in [1.165, 1.54) is 0 Å². The largest absolute Gasteiger partial charge is 0.337 e. The number of nitrogens with zero attached hydrogens (tertiary/aromatic N) is 3. The summed E-state index contributed by atoms with van der Waals surface area (Å²) in [6, 6.07) is 7.78. The van der Waals surface area contributed by atoms with Crippen LogP contribution in [0, 0.1) is 6.92 Å². The van der Waals surface area contributed by atoms with Gasteiger partial charge in [-0.05, 0) is 30.7 Å². The second-order valence-electron chi connectivity index (χ2n) is 4.91.